The molecule has 0 saturated heterocycles. The quantitative estimate of drug-likeness (QED) is 0.295. The first-order valence-corrected chi connectivity index (χ1v) is 11.1. The Kier molecular flexibility index (Phi) is 7.27. The van der Waals surface area contributed by atoms with E-state index < -0.39 is 22.8 Å². The predicted molar refractivity (Wildman–Crippen MR) is 133 cm³/mol. The van der Waals surface area contributed by atoms with Crippen LogP contribution >= 0.6 is 11.6 Å². The van der Waals surface area contributed by atoms with Crippen LogP contribution in [0, 0.1) is 0 Å². The van der Waals surface area contributed by atoms with Gasteiger partial charge in [-0.05, 0) is 68.7 Å². The number of alkyl halides is 3. The van der Waals surface area contributed by atoms with Crippen molar-refractivity contribution >= 4 is 40.0 Å². The Bertz CT molecular complexity index is 1400. The molecular formula is C25H21ClF3N5O2. The average Bonchev–Trinajstić information content (AvgIpc) is 2.80. The molecule has 0 aliphatic rings. The van der Waals surface area contributed by atoms with E-state index in [4.69, 9.17) is 16.3 Å². The van der Waals surface area contributed by atoms with Crippen molar-refractivity contribution in [2.75, 3.05) is 24.7 Å². The van der Waals surface area contributed by atoms with E-state index in [2.05, 4.69) is 20.6 Å². The summed E-state index contributed by atoms with van der Waals surface area (Å²) in [6.45, 7) is 0.664. The topological polar surface area (TPSA) is 79.4 Å². The van der Waals surface area contributed by atoms with Gasteiger partial charge in [0.25, 0.3) is 0 Å². The molecule has 2 N–H and O–H groups in total. The van der Waals surface area contributed by atoms with E-state index in [1.54, 1.807) is 42.6 Å². The molecule has 7 nitrogen and oxygen atoms in total. The number of nitrogens with zero attached hydrogens (tertiary/aromatic N) is 3. The first-order valence-electron chi connectivity index (χ1n) is 10.7. The Morgan fingerprint density at radius 1 is 0.944 bits per heavy atom. The van der Waals surface area contributed by atoms with Crippen LogP contribution < -0.4 is 15.4 Å². The van der Waals surface area contributed by atoms with Gasteiger partial charge < -0.3 is 20.3 Å². The smallest absolute Gasteiger partial charge is 0.417 e. The third kappa shape index (κ3) is 6.41. The maximum Gasteiger partial charge on any atom is 0.417 e. The first-order chi connectivity index (χ1) is 17.1. The minimum absolute atomic E-state index is 0.0441. The molecule has 3 aromatic carbocycles. The summed E-state index contributed by atoms with van der Waals surface area (Å²) in [6.07, 6.45) is -2.89. The molecule has 4 rings (SSSR count). The highest BCUT2D eigenvalue weighted by Gasteiger charge is 2.33. The molecule has 0 aliphatic heterocycles. The van der Waals surface area contributed by atoms with Gasteiger partial charge in [-0.15, -0.1) is 0 Å². The molecule has 0 bridgehead atoms. The summed E-state index contributed by atoms with van der Waals surface area (Å²) < 4.78 is 44.9. The third-order valence-corrected chi connectivity index (χ3v) is 5.25. The number of fused-ring (bicyclic) bond motifs is 1. The molecular weight excluding hydrogens is 495 g/mol. The highest BCUT2D eigenvalue weighted by atomic mass is 35.5. The fourth-order valence-corrected chi connectivity index (χ4v) is 3.57. The third-order valence-electron chi connectivity index (χ3n) is 4.92. The largest absolute Gasteiger partial charge is 0.457 e. The second kappa shape index (κ2) is 10.4. The second-order valence-corrected chi connectivity index (χ2v) is 8.55. The van der Waals surface area contributed by atoms with Crippen LogP contribution in [0.4, 0.5) is 29.3 Å². The summed E-state index contributed by atoms with van der Waals surface area (Å²) in [7, 11) is 3.91. The number of benzene rings is 3. The van der Waals surface area contributed by atoms with Crippen molar-refractivity contribution in [3.05, 3.63) is 83.1 Å². The Hall–Kier alpha value is -3.89. The summed E-state index contributed by atoms with van der Waals surface area (Å²) in [4.78, 5) is 23.3. The lowest BCUT2D eigenvalue weighted by Gasteiger charge is -2.13. The molecule has 0 fully saturated rings. The zero-order valence-corrected chi connectivity index (χ0v) is 20.0. The van der Waals surface area contributed by atoms with E-state index in [1.165, 1.54) is 6.07 Å². The Morgan fingerprint density at radius 3 is 2.31 bits per heavy atom. The lowest BCUT2D eigenvalue weighted by atomic mass is 10.2. The number of amides is 2. The van der Waals surface area contributed by atoms with E-state index in [9.17, 15) is 18.0 Å². The molecule has 36 heavy (non-hydrogen) atoms. The minimum atomic E-state index is -4.63. The van der Waals surface area contributed by atoms with Crippen LogP contribution in [-0.2, 0) is 12.7 Å². The molecule has 4 aromatic rings. The monoisotopic (exact) mass is 515 g/mol. The van der Waals surface area contributed by atoms with Gasteiger partial charge in [-0.25, -0.2) is 9.78 Å². The van der Waals surface area contributed by atoms with Crippen LogP contribution in [0.3, 0.4) is 0 Å². The van der Waals surface area contributed by atoms with Gasteiger partial charge in [-0.1, -0.05) is 11.6 Å². The molecule has 0 radical (unpaired) electrons. The van der Waals surface area contributed by atoms with Crippen molar-refractivity contribution in [2.45, 2.75) is 12.7 Å². The van der Waals surface area contributed by atoms with Gasteiger partial charge in [-0.3, -0.25) is 4.98 Å². The molecule has 11 heteroatoms. The molecule has 0 aliphatic carbocycles. The van der Waals surface area contributed by atoms with Gasteiger partial charge >= 0.3 is 12.2 Å². The van der Waals surface area contributed by atoms with Gasteiger partial charge in [0.2, 0.25) is 0 Å². The molecule has 0 atom stereocenters. The molecule has 186 valence electrons. The van der Waals surface area contributed by atoms with Crippen LogP contribution in [0.2, 0.25) is 5.02 Å². The van der Waals surface area contributed by atoms with Crippen molar-refractivity contribution in [2.24, 2.45) is 0 Å². The summed E-state index contributed by atoms with van der Waals surface area (Å²) in [5.74, 6) is 1.09. The molecule has 0 saturated carbocycles. The molecule has 0 spiro atoms. The van der Waals surface area contributed by atoms with Crippen molar-refractivity contribution in [1.82, 2.24) is 14.9 Å². The van der Waals surface area contributed by atoms with Gasteiger partial charge in [0.15, 0.2) is 0 Å². The number of carbonyl (C=O) groups is 1. The van der Waals surface area contributed by atoms with Gasteiger partial charge in [-0.2, -0.15) is 13.2 Å². The van der Waals surface area contributed by atoms with E-state index in [0.29, 0.717) is 29.2 Å². The summed E-state index contributed by atoms with van der Waals surface area (Å²) in [5, 5.41) is 4.47. The standard InChI is InChI=1S/C25H21ClF3N5O2/c1-34(2)14-17-13-30-22-10-8-19(12-23(22)31-17)36-18-6-3-15(4-7-18)32-24(35)33-16-5-9-21(26)20(11-16)25(27,28)29/h3-13H,14H2,1-2H3,(H2,32,33,35). The molecule has 2 amide bonds. The number of anilines is 2. The van der Waals surface area contributed by atoms with Crippen molar-refractivity contribution < 1.29 is 22.7 Å². The zero-order valence-electron chi connectivity index (χ0n) is 19.2. The normalized spacial score (nSPS) is 11.5. The van der Waals surface area contributed by atoms with Crippen molar-refractivity contribution in [3.8, 4) is 11.5 Å². The highest BCUT2D eigenvalue weighted by molar-refractivity contribution is 6.31. The van der Waals surface area contributed by atoms with Crippen molar-refractivity contribution in [1.29, 1.82) is 0 Å². The van der Waals surface area contributed by atoms with E-state index in [1.807, 2.05) is 25.1 Å². The minimum Gasteiger partial charge on any atom is -0.457 e. The number of urea groups is 1. The fraction of sp³-hybridized carbons (Fsp3) is 0.160. The van der Waals surface area contributed by atoms with Crippen LogP contribution in [0.1, 0.15) is 11.3 Å². The fourth-order valence-electron chi connectivity index (χ4n) is 3.35. The Balaban J connectivity index is 1.40. The highest BCUT2D eigenvalue weighted by Crippen LogP contribution is 2.36. The second-order valence-electron chi connectivity index (χ2n) is 8.15. The zero-order chi connectivity index (χ0) is 25.9. The number of rotatable bonds is 6. The first kappa shape index (κ1) is 25.2. The number of carbonyl (C=O) groups excluding carboxylic acids is 1. The Labute approximate surface area is 209 Å². The van der Waals surface area contributed by atoms with Crippen molar-refractivity contribution in [3.63, 3.8) is 0 Å². The summed E-state index contributed by atoms with van der Waals surface area (Å²) in [6, 6.07) is 14.3. The number of nitrogens with one attached hydrogen (secondary N) is 2. The van der Waals surface area contributed by atoms with Crippen LogP contribution in [0.25, 0.3) is 11.0 Å². The molecule has 1 aromatic heterocycles. The van der Waals surface area contributed by atoms with E-state index >= 15 is 0 Å². The molecule has 0 unspecified atom stereocenters. The van der Waals surface area contributed by atoms with Crippen LogP contribution in [-0.4, -0.2) is 35.0 Å². The lowest BCUT2D eigenvalue weighted by Crippen LogP contribution is -2.19. The average molecular weight is 516 g/mol. The SMILES string of the molecule is CN(C)Cc1cnc2ccc(Oc3ccc(NC(=O)Nc4ccc(Cl)c(C(F)(F)F)c4)cc3)cc2n1. The number of halogens is 4. The van der Waals surface area contributed by atoms with Gasteiger partial charge in [0, 0.05) is 24.0 Å². The van der Waals surface area contributed by atoms with Gasteiger partial charge in [0.1, 0.15) is 11.5 Å². The number of aromatic nitrogens is 2. The number of ether oxygens (including phenoxy) is 1. The Morgan fingerprint density at radius 2 is 1.61 bits per heavy atom. The summed E-state index contributed by atoms with van der Waals surface area (Å²) >= 11 is 5.61. The van der Waals surface area contributed by atoms with E-state index in [0.717, 1.165) is 23.3 Å². The predicted octanol–water partition coefficient (Wildman–Crippen LogP) is 6.80. The van der Waals surface area contributed by atoms with Crippen LogP contribution in [0.15, 0.2) is 66.9 Å². The maximum atomic E-state index is 13.0. The van der Waals surface area contributed by atoms with Crippen LogP contribution in [0.5, 0.6) is 11.5 Å². The number of hydrogen-bond acceptors (Lipinski definition) is 5. The molecule has 1 heterocycles. The maximum absolute atomic E-state index is 13.0. The number of hydrogen-bond donors (Lipinski definition) is 2. The van der Waals surface area contributed by atoms with Gasteiger partial charge in [0.05, 0.1) is 33.5 Å². The summed E-state index contributed by atoms with van der Waals surface area (Å²) in [5.41, 5.74) is 1.64. The van der Waals surface area contributed by atoms with E-state index in [-0.39, 0.29) is 5.69 Å². The lowest BCUT2D eigenvalue weighted by molar-refractivity contribution is -0.137.